The minimum Gasteiger partial charge on any atom is -0.423 e. The predicted molar refractivity (Wildman–Crippen MR) is 164 cm³/mol. The average molecular weight is 601 g/mol. The summed E-state index contributed by atoms with van der Waals surface area (Å²) in [5, 5.41) is 0. The molecule has 0 unspecified atom stereocenters. The normalized spacial score (nSPS) is 9.73. The minimum atomic E-state index is -1.35. The molecule has 4 aromatic rings. The Morgan fingerprint density at radius 2 is 0.978 bits per heavy atom. The molecule has 0 fully saturated rings. The molecule has 0 aliphatic carbocycles. The largest absolute Gasteiger partial charge is 0.423 e. The fourth-order valence-electron chi connectivity index (χ4n) is 3.70. The number of esters is 3. The van der Waals surface area contributed by atoms with Gasteiger partial charge in [-0.05, 0) is 59.7 Å². The van der Waals surface area contributed by atoms with Gasteiger partial charge in [-0.3, -0.25) is 0 Å². The van der Waals surface area contributed by atoms with Crippen LogP contribution in [0.5, 0.6) is 17.2 Å². The van der Waals surface area contributed by atoms with Gasteiger partial charge >= 0.3 is 17.9 Å². The van der Waals surface area contributed by atoms with Gasteiger partial charge in [-0.15, -0.1) is 0 Å². The molecule has 0 radical (unpaired) electrons. The standard InChI is InChI=1S/C37H22F2O6/c1-4-33(40)43-29-18-10-25(11-19-29)9-15-28-23-32(45-35(42)6-3)31(37(39)36(28)38)22-12-24-7-13-26(14-8-24)27-16-20-30(21-17-27)44-34(41)5-2/h4-8,10-11,13-14,16-21,23H,1-3H2. The van der Waals surface area contributed by atoms with Crippen LogP contribution in [-0.2, 0) is 14.4 Å². The molecule has 0 aliphatic rings. The monoisotopic (exact) mass is 600 g/mol. The Balaban J connectivity index is 1.60. The molecular formula is C37H22F2O6. The zero-order chi connectivity index (χ0) is 32.3. The highest BCUT2D eigenvalue weighted by atomic mass is 19.2. The zero-order valence-corrected chi connectivity index (χ0v) is 23.6. The van der Waals surface area contributed by atoms with Crippen LogP contribution in [-0.4, -0.2) is 17.9 Å². The summed E-state index contributed by atoms with van der Waals surface area (Å²) in [4.78, 5) is 34.7. The van der Waals surface area contributed by atoms with Crippen LogP contribution in [0.25, 0.3) is 11.1 Å². The van der Waals surface area contributed by atoms with E-state index in [2.05, 4.69) is 43.4 Å². The summed E-state index contributed by atoms with van der Waals surface area (Å²) < 4.78 is 45.6. The molecule has 0 atom stereocenters. The van der Waals surface area contributed by atoms with Crippen LogP contribution in [0.1, 0.15) is 22.3 Å². The summed E-state index contributed by atoms with van der Waals surface area (Å²) in [7, 11) is 0. The first-order chi connectivity index (χ1) is 21.7. The van der Waals surface area contributed by atoms with Crippen molar-refractivity contribution in [2.75, 3.05) is 0 Å². The van der Waals surface area contributed by atoms with Gasteiger partial charge in [-0.2, -0.15) is 0 Å². The number of rotatable bonds is 7. The Bertz CT molecular complexity index is 1930. The van der Waals surface area contributed by atoms with Gasteiger partial charge in [0.2, 0.25) is 0 Å². The van der Waals surface area contributed by atoms with Crippen LogP contribution in [0.4, 0.5) is 8.78 Å². The molecule has 8 heteroatoms. The second-order valence-corrected chi connectivity index (χ2v) is 8.93. The van der Waals surface area contributed by atoms with Crippen molar-refractivity contribution in [2.24, 2.45) is 0 Å². The molecule has 0 aromatic heterocycles. The van der Waals surface area contributed by atoms with E-state index in [4.69, 9.17) is 14.2 Å². The van der Waals surface area contributed by atoms with Crippen molar-refractivity contribution in [3.8, 4) is 52.1 Å². The Morgan fingerprint density at radius 3 is 1.49 bits per heavy atom. The molecule has 0 heterocycles. The highest BCUT2D eigenvalue weighted by molar-refractivity contribution is 5.84. The number of carbonyl (C=O) groups excluding carboxylic acids is 3. The quantitative estimate of drug-likeness (QED) is 0.102. The Hall–Kier alpha value is -6.51. The Kier molecular flexibility index (Phi) is 10.2. The SMILES string of the molecule is C=CC(=O)Oc1ccc(C#Cc2cc(OC(=O)C=C)c(C#Cc3ccc(-c4ccc(OC(=O)C=C)cc4)cc3)c(F)c2F)cc1. The van der Waals surface area contributed by atoms with E-state index >= 15 is 8.78 Å². The van der Waals surface area contributed by atoms with Gasteiger partial charge in [0, 0.05) is 35.4 Å². The lowest BCUT2D eigenvalue weighted by Gasteiger charge is -2.08. The summed E-state index contributed by atoms with van der Waals surface area (Å²) in [5.41, 5.74) is 1.70. The summed E-state index contributed by atoms with van der Waals surface area (Å²) in [5.74, 6) is 6.09. The third-order valence-electron chi connectivity index (χ3n) is 5.92. The van der Waals surface area contributed by atoms with Gasteiger partial charge in [-0.25, -0.2) is 23.2 Å². The van der Waals surface area contributed by atoms with Crippen LogP contribution < -0.4 is 14.2 Å². The highest BCUT2D eigenvalue weighted by Gasteiger charge is 2.19. The van der Waals surface area contributed by atoms with Crippen LogP contribution in [0.2, 0.25) is 0 Å². The third-order valence-corrected chi connectivity index (χ3v) is 5.92. The summed E-state index contributed by atoms with van der Waals surface area (Å²) >= 11 is 0. The maximum absolute atomic E-state index is 15.3. The van der Waals surface area contributed by atoms with Crippen molar-refractivity contribution in [1.29, 1.82) is 0 Å². The fraction of sp³-hybridized carbons (Fsp3) is 0. The maximum Gasteiger partial charge on any atom is 0.335 e. The van der Waals surface area contributed by atoms with Gasteiger partial charge in [0.25, 0.3) is 0 Å². The first-order valence-electron chi connectivity index (χ1n) is 13.1. The molecule has 4 rings (SSSR count). The topological polar surface area (TPSA) is 78.9 Å². The second-order valence-electron chi connectivity index (χ2n) is 8.93. The molecule has 0 saturated heterocycles. The molecule has 45 heavy (non-hydrogen) atoms. The second kappa shape index (κ2) is 14.6. The predicted octanol–water partition coefficient (Wildman–Crippen LogP) is 6.71. The van der Waals surface area contributed by atoms with E-state index in [1.54, 1.807) is 48.5 Å². The van der Waals surface area contributed by atoms with Crippen LogP contribution in [0.3, 0.4) is 0 Å². The number of hydrogen-bond acceptors (Lipinski definition) is 6. The molecule has 0 spiro atoms. The molecule has 6 nitrogen and oxygen atoms in total. The first kappa shape index (κ1) is 31.4. The molecule has 0 saturated carbocycles. The van der Waals surface area contributed by atoms with Crippen LogP contribution in [0.15, 0.2) is 117 Å². The Morgan fingerprint density at radius 1 is 0.556 bits per heavy atom. The fourth-order valence-corrected chi connectivity index (χ4v) is 3.70. The lowest BCUT2D eigenvalue weighted by Crippen LogP contribution is -2.07. The molecule has 0 bridgehead atoms. The van der Waals surface area contributed by atoms with E-state index in [1.165, 1.54) is 24.3 Å². The van der Waals surface area contributed by atoms with Gasteiger partial charge in [0.05, 0.1) is 5.56 Å². The zero-order valence-electron chi connectivity index (χ0n) is 23.6. The summed E-state index contributed by atoms with van der Waals surface area (Å²) in [6.45, 7) is 10.0. The third kappa shape index (κ3) is 8.29. The Labute approximate surface area is 257 Å². The van der Waals surface area contributed by atoms with Gasteiger partial charge in [0.15, 0.2) is 17.4 Å². The van der Waals surface area contributed by atoms with Crippen molar-refractivity contribution < 1.29 is 37.4 Å². The lowest BCUT2D eigenvalue weighted by molar-refractivity contribution is -0.129. The van der Waals surface area contributed by atoms with Gasteiger partial charge in [-0.1, -0.05) is 67.7 Å². The number of carbonyl (C=O) groups is 3. The molecule has 0 amide bonds. The summed E-state index contributed by atoms with van der Waals surface area (Å²) in [6.07, 6.45) is 2.96. The minimum absolute atomic E-state index is 0.251. The molecule has 0 aliphatic heterocycles. The highest BCUT2D eigenvalue weighted by Crippen LogP contribution is 2.27. The van der Waals surface area contributed by atoms with Crippen molar-refractivity contribution in [2.45, 2.75) is 0 Å². The van der Waals surface area contributed by atoms with Crippen LogP contribution in [0, 0.1) is 35.3 Å². The van der Waals surface area contributed by atoms with Gasteiger partial charge in [0.1, 0.15) is 17.1 Å². The van der Waals surface area contributed by atoms with Gasteiger partial charge < -0.3 is 14.2 Å². The van der Waals surface area contributed by atoms with Crippen molar-refractivity contribution >= 4 is 17.9 Å². The van der Waals surface area contributed by atoms with E-state index in [1.807, 2.05) is 0 Å². The molecule has 220 valence electrons. The molecular weight excluding hydrogens is 578 g/mol. The number of hydrogen-bond donors (Lipinski definition) is 0. The van der Waals surface area contributed by atoms with E-state index < -0.39 is 35.1 Å². The smallest absolute Gasteiger partial charge is 0.335 e. The van der Waals surface area contributed by atoms with Crippen molar-refractivity contribution in [3.63, 3.8) is 0 Å². The first-order valence-corrected chi connectivity index (χ1v) is 13.1. The lowest BCUT2D eigenvalue weighted by atomic mass is 10.0. The van der Waals surface area contributed by atoms with Crippen molar-refractivity contribution in [3.05, 3.63) is 151 Å². The number of ether oxygens (including phenoxy) is 3. The van der Waals surface area contributed by atoms with Crippen molar-refractivity contribution in [1.82, 2.24) is 0 Å². The van der Waals surface area contributed by atoms with E-state index in [9.17, 15) is 14.4 Å². The van der Waals surface area contributed by atoms with E-state index in [0.29, 0.717) is 16.9 Å². The number of halogens is 2. The average Bonchev–Trinajstić information content (AvgIpc) is 3.06. The molecule has 4 aromatic carbocycles. The molecule has 0 N–H and O–H groups in total. The maximum atomic E-state index is 15.3. The van der Waals surface area contributed by atoms with Crippen LogP contribution >= 0.6 is 0 Å². The summed E-state index contributed by atoms with van der Waals surface area (Å²) in [6, 6.07) is 20.8. The number of benzene rings is 4. The van der Waals surface area contributed by atoms with E-state index in [-0.39, 0.29) is 17.1 Å². The van der Waals surface area contributed by atoms with E-state index in [0.717, 1.165) is 35.4 Å².